The van der Waals surface area contributed by atoms with Crippen LogP contribution in [0.4, 0.5) is 5.69 Å². The van der Waals surface area contributed by atoms with Crippen LogP contribution >= 0.6 is 0 Å². The van der Waals surface area contributed by atoms with Gasteiger partial charge >= 0.3 is 5.97 Å². The van der Waals surface area contributed by atoms with Gasteiger partial charge < -0.3 is 24.2 Å². The molecular formula is C20H25N3O4. The Balaban J connectivity index is 1.67. The first kappa shape index (κ1) is 18.8. The molecule has 0 saturated carbocycles. The van der Waals surface area contributed by atoms with Crippen LogP contribution < -0.4 is 9.64 Å². The molecule has 0 aliphatic carbocycles. The van der Waals surface area contributed by atoms with E-state index in [-0.39, 0.29) is 17.9 Å². The fraction of sp³-hybridized carbons (Fsp3) is 0.400. The van der Waals surface area contributed by atoms with Crippen molar-refractivity contribution in [3.05, 3.63) is 47.3 Å². The van der Waals surface area contributed by atoms with Gasteiger partial charge in [-0.3, -0.25) is 4.79 Å². The molecule has 0 radical (unpaired) electrons. The highest BCUT2D eigenvalue weighted by Gasteiger charge is 2.26. The third-order valence-electron chi connectivity index (χ3n) is 5.09. The van der Waals surface area contributed by atoms with Crippen molar-refractivity contribution in [1.29, 1.82) is 0 Å². The van der Waals surface area contributed by atoms with Gasteiger partial charge in [-0.1, -0.05) is 12.1 Å². The summed E-state index contributed by atoms with van der Waals surface area (Å²) in [5.74, 6) is -0.210. The van der Waals surface area contributed by atoms with Crippen molar-refractivity contribution < 1.29 is 19.4 Å². The number of para-hydroxylation sites is 2. The number of piperazine rings is 1. The summed E-state index contributed by atoms with van der Waals surface area (Å²) in [5, 5.41) is 9.44. The first-order valence-corrected chi connectivity index (χ1v) is 8.96. The van der Waals surface area contributed by atoms with Crippen LogP contribution in [0.1, 0.15) is 21.6 Å². The summed E-state index contributed by atoms with van der Waals surface area (Å²) in [7, 11) is 3.43. The molecule has 7 heteroatoms. The van der Waals surface area contributed by atoms with E-state index in [1.54, 1.807) is 36.7 Å². The molecule has 27 heavy (non-hydrogen) atoms. The summed E-state index contributed by atoms with van der Waals surface area (Å²) in [6.45, 7) is 4.38. The minimum absolute atomic E-state index is 0.0432. The standard InChI is InChI=1S/C20H25N3O4/c1-14-13-21(2)16(19(14)20(25)26)12-18(24)23-10-8-22(9-11-23)15-6-4-5-7-17(15)27-3/h4-7,13H,8-12H2,1-3H3,(H,25,26). The van der Waals surface area contributed by atoms with Gasteiger partial charge in [-0.05, 0) is 24.6 Å². The van der Waals surface area contributed by atoms with Gasteiger partial charge in [0.15, 0.2) is 0 Å². The highest BCUT2D eigenvalue weighted by Crippen LogP contribution is 2.28. The number of ether oxygens (including phenoxy) is 1. The van der Waals surface area contributed by atoms with Crippen molar-refractivity contribution in [3.8, 4) is 5.75 Å². The molecule has 0 bridgehead atoms. The molecule has 1 fully saturated rings. The fourth-order valence-corrected chi connectivity index (χ4v) is 3.68. The Morgan fingerprint density at radius 3 is 2.44 bits per heavy atom. The monoisotopic (exact) mass is 371 g/mol. The average Bonchev–Trinajstić information content (AvgIpc) is 2.95. The second-order valence-electron chi connectivity index (χ2n) is 6.77. The molecule has 1 saturated heterocycles. The number of benzene rings is 1. The molecule has 1 aliphatic heterocycles. The van der Waals surface area contributed by atoms with Crippen LogP contribution in [-0.2, 0) is 18.3 Å². The van der Waals surface area contributed by atoms with Crippen LogP contribution in [0, 0.1) is 6.92 Å². The molecule has 0 spiro atoms. The number of aryl methyl sites for hydroxylation is 2. The Bertz CT molecular complexity index is 851. The first-order chi connectivity index (χ1) is 12.9. The van der Waals surface area contributed by atoms with E-state index in [0.717, 1.165) is 11.4 Å². The van der Waals surface area contributed by atoms with Crippen molar-refractivity contribution in [2.24, 2.45) is 7.05 Å². The van der Waals surface area contributed by atoms with Crippen LogP contribution in [0.5, 0.6) is 5.75 Å². The first-order valence-electron chi connectivity index (χ1n) is 8.96. The minimum atomic E-state index is -0.989. The van der Waals surface area contributed by atoms with Crippen molar-refractivity contribution in [3.63, 3.8) is 0 Å². The highest BCUT2D eigenvalue weighted by molar-refractivity contribution is 5.93. The van der Waals surface area contributed by atoms with Crippen LogP contribution in [0.25, 0.3) is 0 Å². The molecule has 1 amide bonds. The summed E-state index contributed by atoms with van der Waals surface area (Å²) in [5.41, 5.74) is 2.49. The largest absolute Gasteiger partial charge is 0.495 e. The number of hydrogen-bond acceptors (Lipinski definition) is 4. The van der Waals surface area contributed by atoms with E-state index in [2.05, 4.69) is 4.90 Å². The summed E-state index contributed by atoms with van der Waals surface area (Å²) < 4.78 is 7.16. The summed E-state index contributed by atoms with van der Waals surface area (Å²) in [6.07, 6.45) is 1.85. The van der Waals surface area contributed by atoms with Crippen molar-refractivity contribution >= 4 is 17.6 Å². The maximum absolute atomic E-state index is 12.7. The molecular weight excluding hydrogens is 346 g/mol. The van der Waals surface area contributed by atoms with E-state index in [9.17, 15) is 14.7 Å². The number of methoxy groups -OCH3 is 1. The average molecular weight is 371 g/mol. The zero-order chi connectivity index (χ0) is 19.6. The molecule has 0 atom stereocenters. The number of aromatic nitrogens is 1. The van der Waals surface area contributed by atoms with E-state index in [1.165, 1.54) is 0 Å². The van der Waals surface area contributed by atoms with Gasteiger partial charge in [-0.25, -0.2) is 4.79 Å². The van der Waals surface area contributed by atoms with Crippen molar-refractivity contribution in [2.75, 3.05) is 38.2 Å². The number of rotatable bonds is 5. The minimum Gasteiger partial charge on any atom is -0.495 e. The van der Waals surface area contributed by atoms with Gasteiger partial charge in [-0.2, -0.15) is 0 Å². The van der Waals surface area contributed by atoms with E-state index in [1.807, 2.05) is 24.3 Å². The molecule has 1 aromatic carbocycles. The van der Waals surface area contributed by atoms with Gasteiger partial charge in [0.2, 0.25) is 5.91 Å². The molecule has 0 unspecified atom stereocenters. The molecule has 144 valence electrons. The number of anilines is 1. The van der Waals surface area contributed by atoms with E-state index in [4.69, 9.17) is 4.74 Å². The SMILES string of the molecule is COc1ccccc1N1CCN(C(=O)Cc2c(C(=O)O)c(C)cn2C)CC1. The van der Waals surface area contributed by atoms with E-state index < -0.39 is 5.97 Å². The number of hydrogen-bond donors (Lipinski definition) is 1. The molecule has 2 aromatic rings. The number of carboxylic acids is 1. The molecule has 1 N–H and O–H groups in total. The molecule has 3 rings (SSSR count). The predicted octanol–water partition coefficient (Wildman–Crippen LogP) is 1.93. The Morgan fingerprint density at radius 1 is 1.15 bits per heavy atom. The summed E-state index contributed by atoms with van der Waals surface area (Å²) in [6, 6.07) is 7.85. The molecule has 2 heterocycles. The smallest absolute Gasteiger partial charge is 0.337 e. The van der Waals surface area contributed by atoms with Gasteiger partial charge in [-0.15, -0.1) is 0 Å². The number of carboxylic acid groups (broad SMARTS) is 1. The van der Waals surface area contributed by atoms with Gasteiger partial charge in [0.05, 0.1) is 24.8 Å². The number of aromatic carboxylic acids is 1. The fourth-order valence-electron chi connectivity index (χ4n) is 3.68. The van der Waals surface area contributed by atoms with Crippen LogP contribution in [0.15, 0.2) is 30.5 Å². The maximum atomic E-state index is 12.7. The molecule has 1 aromatic heterocycles. The predicted molar refractivity (Wildman–Crippen MR) is 103 cm³/mol. The number of amides is 1. The number of carbonyl (C=O) groups excluding carboxylic acids is 1. The molecule has 7 nitrogen and oxygen atoms in total. The zero-order valence-electron chi connectivity index (χ0n) is 15.9. The van der Waals surface area contributed by atoms with Crippen LogP contribution in [-0.4, -0.2) is 59.7 Å². The third kappa shape index (κ3) is 3.77. The van der Waals surface area contributed by atoms with Gasteiger partial charge in [0, 0.05) is 45.1 Å². The zero-order valence-corrected chi connectivity index (χ0v) is 15.9. The molecule has 1 aliphatic rings. The van der Waals surface area contributed by atoms with Gasteiger partial charge in [0.1, 0.15) is 5.75 Å². The van der Waals surface area contributed by atoms with E-state index in [0.29, 0.717) is 37.4 Å². The quantitative estimate of drug-likeness (QED) is 0.869. The number of carbonyl (C=O) groups is 2. The van der Waals surface area contributed by atoms with Gasteiger partial charge in [0.25, 0.3) is 0 Å². The third-order valence-corrected chi connectivity index (χ3v) is 5.09. The van der Waals surface area contributed by atoms with Crippen LogP contribution in [0.3, 0.4) is 0 Å². The van der Waals surface area contributed by atoms with Crippen molar-refractivity contribution in [1.82, 2.24) is 9.47 Å². The lowest BCUT2D eigenvalue weighted by molar-refractivity contribution is -0.130. The van der Waals surface area contributed by atoms with Crippen LogP contribution in [0.2, 0.25) is 0 Å². The maximum Gasteiger partial charge on any atom is 0.337 e. The lowest BCUT2D eigenvalue weighted by atomic mass is 10.1. The Kier molecular flexibility index (Phi) is 5.39. The Morgan fingerprint density at radius 2 is 1.81 bits per heavy atom. The topological polar surface area (TPSA) is 75.0 Å². The highest BCUT2D eigenvalue weighted by atomic mass is 16.5. The summed E-state index contributed by atoms with van der Waals surface area (Å²) >= 11 is 0. The Labute approximate surface area is 158 Å². The lowest BCUT2D eigenvalue weighted by Gasteiger charge is -2.36. The van der Waals surface area contributed by atoms with Crippen molar-refractivity contribution in [2.45, 2.75) is 13.3 Å². The van der Waals surface area contributed by atoms with E-state index >= 15 is 0 Å². The second kappa shape index (κ2) is 7.73. The second-order valence-corrected chi connectivity index (χ2v) is 6.77. The normalized spacial score (nSPS) is 14.3. The summed E-state index contributed by atoms with van der Waals surface area (Å²) in [4.78, 5) is 28.3. The lowest BCUT2D eigenvalue weighted by Crippen LogP contribution is -2.49. The Hall–Kier alpha value is -2.96. The number of nitrogens with zero attached hydrogens (tertiary/aromatic N) is 3.